The summed E-state index contributed by atoms with van der Waals surface area (Å²) in [4.78, 5) is 0.867. The summed E-state index contributed by atoms with van der Waals surface area (Å²) in [5.41, 5.74) is -0.440. The second-order valence-corrected chi connectivity index (χ2v) is 7.36. The zero-order valence-corrected chi connectivity index (χ0v) is 10.3. The monoisotopic (exact) mass is 264 g/mol. The van der Waals surface area contributed by atoms with Gasteiger partial charge in [-0.1, -0.05) is 0 Å². The van der Waals surface area contributed by atoms with E-state index >= 15 is 0 Å². The highest BCUT2D eigenvalue weighted by Gasteiger charge is 2.32. The van der Waals surface area contributed by atoms with Crippen molar-refractivity contribution in [2.45, 2.75) is 23.2 Å². The van der Waals surface area contributed by atoms with Crippen molar-refractivity contribution in [2.75, 3.05) is 0 Å². The zero-order chi connectivity index (χ0) is 11.1. The van der Waals surface area contributed by atoms with Crippen LogP contribution in [0.15, 0.2) is 28.7 Å². The summed E-state index contributed by atoms with van der Waals surface area (Å²) in [5.74, 6) is 0. The Bertz CT molecular complexity index is 493. The predicted octanol–water partition coefficient (Wildman–Crippen LogP) is 2.82. The highest BCUT2D eigenvalue weighted by atomic mass is 35.7. The molecule has 1 atom stereocenters. The molecule has 0 saturated heterocycles. The minimum atomic E-state index is -3.62. The number of halogens is 1. The number of hydrogen-bond donors (Lipinski definition) is 0. The first-order valence-corrected chi connectivity index (χ1v) is 7.42. The van der Waals surface area contributed by atoms with Crippen LogP contribution in [0.2, 0.25) is 0 Å². The van der Waals surface area contributed by atoms with Crippen LogP contribution in [0.4, 0.5) is 0 Å². The van der Waals surface area contributed by atoms with E-state index in [0.717, 1.165) is 22.6 Å². The van der Waals surface area contributed by atoms with Crippen molar-refractivity contribution in [1.82, 2.24) is 0 Å². The molecule has 2 rings (SSSR count). The van der Waals surface area contributed by atoms with Gasteiger partial charge in [-0.25, -0.2) is 8.42 Å². The van der Waals surface area contributed by atoms with Gasteiger partial charge in [-0.2, -0.15) is 0 Å². The third-order valence-electron chi connectivity index (χ3n) is 2.27. The van der Waals surface area contributed by atoms with Gasteiger partial charge in [-0.15, -0.1) is 11.3 Å². The van der Waals surface area contributed by atoms with Crippen LogP contribution < -0.4 is 0 Å². The third kappa shape index (κ3) is 2.04. The molecule has 0 bridgehead atoms. The number of thiophene rings is 1. The van der Waals surface area contributed by atoms with Crippen LogP contribution >= 0.6 is 22.0 Å². The van der Waals surface area contributed by atoms with Gasteiger partial charge in [0.1, 0.15) is 9.81 Å². The first kappa shape index (κ1) is 11.0. The molecular formula is C9H9ClO3S2. The lowest BCUT2D eigenvalue weighted by atomic mass is 10.0. The minimum Gasteiger partial charge on any atom is -0.490 e. The van der Waals surface area contributed by atoms with E-state index in [4.69, 9.17) is 15.4 Å². The van der Waals surface area contributed by atoms with Gasteiger partial charge in [0.05, 0.1) is 6.26 Å². The number of ether oxygens (including phenoxy) is 1. The Labute approximate surface area is 96.7 Å². The second kappa shape index (κ2) is 3.50. The average molecular weight is 265 g/mol. The first-order chi connectivity index (χ1) is 6.92. The van der Waals surface area contributed by atoms with Gasteiger partial charge in [0.25, 0.3) is 9.05 Å². The highest BCUT2D eigenvalue weighted by Crippen LogP contribution is 2.39. The Hall–Kier alpha value is -0.520. The quantitative estimate of drug-likeness (QED) is 0.772. The molecule has 82 valence electrons. The fraction of sp³-hybridized carbons (Fsp3) is 0.333. The molecule has 1 unspecified atom stereocenters. The topological polar surface area (TPSA) is 43.4 Å². The predicted molar refractivity (Wildman–Crippen MR) is 59.6 cm³/mol. The van der Waals surface area contributed by atoms with Gasteiger partial charge in [0, 0.05) is 22.0 Å². The highest BCUT2D eigenvalue weighted by molar-refractivity contribution is 8.15. The Balaban J connectivity index is 2.36. The Morgan fingerprint density at radius 3 is 2.73 bits per heavy atom. The van der Waals surface area contributed by atoms with Crippen LogP contribution in [-0.4, -0.2) is 8.42 Å². The summed E-state index contributed by atoms with van der Waals surface area (Å²) in [6.45, 7) is 1.92. The van der Waals surface area contributed by atoms with Gasteiger partial charge in [0.2, 0.25) is 0 Å². The van der Waals surface area contributed by atoms with Crippen molar-refractivity contribution in [1.29, 1.82) is 0 Å². The van der Waals surface area contributed by atoms with Crippen molar-refractivity contribution in [3.05, 3.63) is 29.3 Å². The number of hydrogen-bond acceptors (Lipinski definition) is 4. The van der Waals surface area contributed by atoms with Crippen molar-refractivity contribution < 1.29 is 13.2 Å². The van der Waals surface area contributed by atoms with Gasteiger partial charge < -0.3 is 4.74 Å². The molecule has 0 aliphatic carbocycles. The van der Waals surface area contributed by atoms with E-state index in [1.165, 1.54) is 6.07 Å². The standard InChI is InChI=1S/C9H9ClO3S2/c1-9(5-2-6-13-9)7-3-4-8(14-7)15(10,11)12/h2-4,6H,5H2,1H3. The summed E-state index contributed by atoms with van der Waals surface area (Å²) >= 11 is 1.15. The summed E-state index contributed by atoms with van der Waals surface area (Å²) in [5, 5.41) is 0. The van der Waals surface area contributed by atoms with E-state index in [1.54, 1.807) is 12.3 Å². The lowest BCUT2D eigenvalue weighted by molar-refractivity contribution is 0.0646. The normalized spacial score (nSPS) is 25.5. The molecule has 1 aromatic heterocycles. The van der Waals surface area contributed by atoms with Gasteiger partial charge in [-0.05, 0) is 25.1 Å². The summed E-state index contributed by atoms with van der Waals surface area (Å²) in [6.07, 6.45) is 4.29. The lowest BCUT2D eigenvalue weighted by Gasteiger charge is -2.21. The second-order valence-electron chi connectivity index (χ2n) is 3.48. The summed E-state index contributed by atoms with van der Waals surface area (Å²) in [6, 6.07) is 3.25. The van der Waals surface area contributed by atoms with E-state index < -0.39 is 14.7 Å². The molecule has 3 nitrogen and oxygen atoms in total. The molecule has 1 aliphatic rings. The van der Waals surface area contributed by atoms with E-state index in [9.17, 15) is 8.42 Å². The maximum absolute atomic E-state index is 11.1. The smallest absolute Gasteiger partial charge is 0.270 e. The van der Waals surface area contributed by atoms with Crippen LogP contribution in [0.5, 0.6) is 0 Å². The summed E-state index contributed by atoms with van der Waals surface area (Å²) in [7, 11) is 1.63. The Kier molecular flexibility index (Phi) is 2.56. The molecular weight excluding hydrogens is 256 g/mol. The molecule has 2 heterocycles. The van der Waals surface area contributed by atoms with E-state index in [2.05, 4.69) is 0 Å². The van der Waals surface area contributed by atoms with Crippen LogP contribution in [0, 0.1) is 0 Å². The van der Waals surface area contributed by atoms with Gasteiger partial charge in [0.15, 0.2) is 0 Å². The van der Waals surface area contributed by atoms with Gasteiger partial charge in [-0.3, -0.25) is 0 Å². The Morgan fingerprint density at radius 2 is 2.27 bits per heavy atom. The van der Waals surface area contributed by atoms with Gasteiger partial charge >= 0.3 is 0 Å². The molecule has 1 aromatic rings. The van der Waals surface area contributed by atoms with Crippen molar-refractivity contribution in [2.24, 2.45) is 0 Å². The Morgan fingerprint density at radius 1 is 1.53 bits per heavy atom. The molecule has 0 amide bonds. The fourth-order valence-corrected chi connectivity index (χ4v) is 3.59. The first-order valence-electron chi connectivity index (χ1n) is 4.30. The molecule has 15 heavy (non-hydrogen) atoms. The van der Waals surface area contributed by atoms with E-state index in [0.29, 0.717) is 0 Å². The van der Waals surface area contributed by atoms with Crippen molar-refractivity contribution >= 4 is 31.1 Å². The lowest BCUT2D eigenvalue weighted by Crippen LogP contribution is -2.17. The van der Waals surface area contributed by atoms with Crippen LogP contribution in [0.25, 0.3) is 0 Å². The zero-order valence-electron chi connectivity index (χ0n) is 7.94. The fourth-order valence-electron chi connectivity index (χ4n) is 1.41. The molecule has 0 N–H and O–H groups in total. The summed E-state index contributed by atoms with van der Waals surface area (Å²) < 4.78 is 27.8. The van der Waals surface area contributed by atoms with Crippen LogP contribution in [0.3, 0.4) is 0 Å². The molecule has 0 saturated carbocycles. The van der Waals surface area contributed by atoms with Crippen LogP contribution in [-0.2, 0) is 19.4 Å². The largest absolute Gasteiger partial charge is 0.490 e. The molecule has 0 fully saturated rings. The maximum atomic E-state index is 11.1. The molecule has 0 radical (unpaired) electrons. The number of rotatable bonds is 2. The SMILES string of the molecule is CC1(c2ccc(S(=O)(=O)Cl)s2)CC=CO1. The molecule has 6 heteroatoms. The average Bonchev–Trinajstić information content (AvgIpc) is 2.69. The van der Waals surface area contributed by atoms with E-state index in [1.807, 2.05) is 13.0 Å². The van der Waals surface area contributed by atoms with E-state index in [-0.39, 0.29) is 4.21 Å². The molecule has 0 aromatic carbocycles. The molecule has 0 spiro atoms. The minimum absolute atomic E-state index is 0.163. The van der Waals surface area contributed by atoms with Crippen LogP contribution in [0.1, 0.15) is 18.2 Å². The molecule has 1 aliphatic heterocycles. The third-order valence-corrected chi connectivity index (χ3v) is 5.70. The van der Waals surface area contributed by atoms with Crippen molar-refractivity contribution in [3.8, 4) is 0 Å². The maximum Gasteiger partial charge on any atom is 0.270 e. The van der Waals surface area contributed by atoms with Crippen molar-refractivity contribution in [3.63, 3.8) is 0 Å².